The minimum absolute atomic E-state index is 0.0873. The van der Waals surface area contributed by atoms with Crippen LogP contribution in [0.1, 0.15) is 32.6 Å². The number of likely N-dealkylation sites (tertiary alicyclic amines) is 2. The van der Waals surface area contributed by atoms with Crippen molar-refractivity contribution in [2.45, 2.75) is 38.6 Å². The van der Waals surface area contributed by atoms with Crippen LogP contribution in [-0.4, -0.2) is 62.1 Å². The third kappa shape index (κ3) is 4.33. The number of carbonyl (C=O) groups is 1. The fraction of sp³-hybridized carbons (Fsp3) is 0.923. The molecule has 2 fully saturated rings. The highest BCUT2D eigenvalue weighted by atomic mass is 35.7. The molecule has 0 radical (unpaired) electrons. The zero-order valence-electron chi connectivity index (χ0n) is 11.9. The average molecular weight is 323 g/mol. The Bertz CT molecular complexity index is 447. The summed E-state index contributed by atoms with van der Waals surface area (Å²) in [6.07, 6.45) is 3.46. The van der Waals surface area contributed by atoms with Gasteiger partial charge in [-0.3, -0.25) is 4.79 Å². The van der Waals surface area contributed by atoms with E-state index < -0.39 is 9.05 Å². The van der Waals surface area contributed by atoms with Gasteiger partial charge in [0.05, 0.1) is 5.75 Å². The quantitative estimate of drug-likeness (QED) is 0.715. The molecule has 0 N–H and O–H groups in total. The van der Waals surface area contributed by atoms with Crippen molar-refractivity contribution in [3.63, 3.8) is 0 Å². The van der Waals surface area contributed by atoms with E-state index in [1.165, 1.54) is 0 Å². The first-order valence-corrected chi connectivity index (χ1v) is 9.81. The van der Waals surface area contributed by atoms with E-state index in [0.29, 0.717) is 13.0 Å². The van der Waals surface area contributed by atoms with Crippen molar-refractivity contribution < 1.29 is 13.2 Å². The Morgan fingerprint density at radius 3 is 2.50 bits per heavy atom. The maximum absolute atomic E-state index is 12.1. The minimum atomic E-state index is -3.52. The highest BCUT2D eigenvalue weighted by Gasteiger charge is 2.37. The number of hydrogen-bond acceptors (Lipinski definition) is 4. The van der Waals surface area contributed by atoms with E-state index in [4.69, 9.17) is 10.7 Å². The predicted molar refractivity (Wildman–Crippen MR) is 79.2 cm³/mol. The van der Waals surface area contributed by atoms with E-state index in [1.54, 1.807) is 0 Å². The molecule has 0 aromatic heterocycles. The highest BCUT2D eigenvalue weighted by molar-refractivity contribution is 8.13. The molecule has 2 rings (SSSR count). The standard InChI is InChI=1S/C13H23ClN2O3S/c1-2-5-15-6-3-12(4-7-15)16-9-11(8-13(16)17)10-20(14,18)19/h11-12H,2-10H2,1H3. The fourth-order valence-corrected chi connectivity index (χ4v) is 4.65. The summed E-state index contributed by atoms with van der Waals surface area (Å²) in [6, 6.07) is 0.277. The van der Waals surface area contributed by atoms with E-state index >= 15 is 0 Å². The highest BCUT2D eigenvalue weighted by Crippen LogP contribution is 2.27. The molecule has 0 aromatic rings. The van der Waals surface area contributed by atoms with Crippen LogP contribution >= 0.6 is 10.7 Å². The summed E-state index contributed by atoms with van der Waals surface area (Å²) < 4.78 is 22.2. The molecule has 20 heavy (non-hydrogen) atoms. The second-order valence-corrected chi connectivity index (χ2v) is 8.72. The molecule has 2 aliphatic heterocycles. The summed E-state index contributed by atoms with van der Waals surface area (Å²) in [5.74, 6) is -0.145. The van der Waals surface area contributed by atoms with Crippen molar-refractivity contribution in [1.29, 1.82) is 0 Å². The van der Waals surface area contributed by atoms with Gasteiger partial charge in [-0.2, -0.15) is 0 Å². The van der Waals surface area contributed by atoms with E-state index in [9.17, 15) is 13.2 Å². The molecule has 2 aliphatic rings. The number of rotatable bonds is 5. The van der Waals surface area contributed by atoms with Crippen LogP contribution in [0.2, 0.25) is 0 Å². The molecule has 0 aliphatic carbocycles. The number of carbonyl (C=O) groups excluding carboxylic acids is 1. The van der Waals surface area contributed by atoms with Gasteiger partial charge < -0.3 is 9.80 Å². The normalized spacial score (nSPS) is 26.4. The fourth-order valence-electron chi connectivity index (χ4n) is 3.33. The molecule has 2 saturated heterocycles. The molecular weight excluding hydrogens is 300 g/mol. The Balaban J connectivity index is 1.86. The maximum Gasteiger partial charge on any atom is 0.232 e. The zero-order valence-corrected chi connectivity index (χ0v) is 13.5. The Morgan fingerprint density at radius 2 is 1.95 bits per heavy atom. The van der Waals surface area contributed by atoms with Crippen LogP contribution in [0.25, 0.3) is 0 Å². The second-order valence-electron chi connectivity index (χ2n) is 5.89. The van der Waals surface area contributed by atoms with E-state index in [2.05, 4.69) is 11.8 Å². The van der Waals surface area contributed by atoms with Crippen molar-refractivity contribution in [2.75, 3.05) is 31.9 Å². The molecule has 0 bridgehead atoms. The van der Waals surface area contributed by atoms with Gasteiger partial charge in [0, 0.05) is 48.7 Å². The molecule has 2 heterocycles. The van der Waals surface area contributed by atoms with Crippen LogP contribution in [-0.2, 0) is 13.8 Å². The summed E-state index contributed by atoms with van der Waals surface area (Å²) >= 11 is 0. The number of piperidine rings is 1. The molecule has 5 nitrogen and oxygen atoms in total. The lowest BCUT2D eigenvalue weighted by Crippen LogP contribution is -2.45. The van der Waals surface area contributed by atoms with E-state index in [1.807, 2.05) is 4.90 Å². The molecule has 1 amide bonds. The van der Waals surface area contributed by atoms with Crippen LogP contribution in [0.4, 0.5) is 0 Å². The number of amides is 1. The molecule has 0 saturated carbocycles. The lowest BCUT2D eigenvalue weighted by Gasteiger charge is -2.36. The van der Waals surface area contributed by atoms with Crippen molar-refractivity contribution in [2.24, 2.45) is 5.92 Å². The largest absolute Gasteiger partial charge is 0.339 e. The van der Waals surface area contributed by atoms with Crippen LogP contribution in [0.5, 0.6) is 0 Å². The second kappa shape index (κ2) is 6.62. The molecule has 0 aromatic carbocycles. The molecule has 1 atom stereocenters. The van der Waals surface area contributed by atoms with Crippen LogP contribution in [0.3, 0.4) is 0 Å². The number of halogens is 1. The predicted octanol–water partition coefficient (Wildman–Crippen LogP) is 1.28. The summed E-state index contributed by atoms with van der Waals surface area (Å²) in [5, 5.41) is 0. The first-order chi connectivity index (χ1) is 9.39. The minimum Gasteiger partial charge on any atom is -0.339 e. The average Bonchev–Trinajstić information content (AvgIpc) is 2.69. The van der Waals surface area contributed by atoms with Gasteiger partial charge in [-0.15, -0.1) is 0 Å². The van der Waals surface area contributed by atoms with Crippen molar-refractivity contribution in [1.82, 2.24) is 9.80 Å². The molecular formula is C13H23ClN2O3S. The third-order valence-electron chi connectivity index (χ3n) is 4.21. The maximum atomic E-state index is 12.1. The van der Waals surface area contributed by atoms with Crippen molar-refractivity contribution in [3.05, 3.63) is 0 Å². The monoisotopic (exact) mass is 322 g/mol. The van der Waals surface area contributed by atoms with Gasteiger partial charge in [0.2, 0.25) is 15.0 Å². The van der Waals surface area contributed by atoms with Crippen molar-refractivity contribution in [3.8, 4) is 0 Å². The Morgan fingerprint density at radius 1 is 1.30 bits per heavy atom. The lowest BCUT2D eigenvalue weighted by molar-refractivity contribution is -0.130. The van der Waals surface area contributed by atoms with E-state index in [-0.39, 0.29) is 23.6 Å². The molecule has 116 valence electrons. The van der Waals surface area contributed by atoms with Crippen molar-refractivity contribution >= 4 is 25.6 Å². The summed E-state index contributed by atoms with van der Waals surface area (Å²) in [6.45, 7) is 5.89. The molecule has 1 unspecified atom stereocenters. The van der Waals surface area contributed by atoms with Gasteiger partial charge in [0.25, 0.3) is 0 Å². The summed E-state index contributed by atoms with van der Waals surface area (Å²) in [4.78, 5) is 16.4. The Kier molecular flexibility index (Phi) is 5.31. The van der Waals surface area contributed by atoms with Gasteiger partial charge in [-0.25, -0.2) is 8.42 Å². The SMILES string of the molecule is CCCN1CCC(N2CC(CS(=O)(=O)Cl)CC2=O)CC1. The number of nitrogens with zero attached hydrogens (tertiary/aromatic N) is 2. The zero-order chi connectivity index (χ0) is 14.8. The van der Waals surface area contributed by atoms with Gasteiger partial charge in [0.15, 0.2) is 0 Å². The van der Waals surface area contributed by atoms with Gasteiger partial charge >= 0.3 is 0 Å². The smallest absolute Gasteiger partial charge is 0.232 e. The van der Waals surface area contributed by atoms with Crippen LogP contribution < -0.4 is 0 Å². The lowest BCUT2D eigenvalue weighted by atomic mass is 10.0. The van der Waals surface area contributed by atoms with Crippen LogP contribution in [0.15, 0.2) is 0 Å². The van der Waals surface area contributed by atoms with Gasteiger partial charge in [-0.05, 0) is 25.8 Å². The first-order valence-electron chi connectivity index (χ1n) is 7.33. The van der Waals surface area contributed by atoms with E-state index in [0.717, 1.165) is 38.9 Å². The Labute approximate surface area is 125 Å². The summed E-state index contributed by atoms with van der Waals surface area (Å²) in [5.41, 5.74) is 0. The van der Waals surface area contributed by atoms with Crippen LogP contribution in [0, 0.1) is 5.92 Å². The molecule has 7 heteroatoms. The first kappa shape index (κ1) is 16.0. The topological polar surface area (TPSA) is 57.7 Å². The number of hydrogen-bond donors (Lipinski definition) is 0. The summed E-state index contributed by atoms with van der Waals surface area (Å²) in [7, 11) is 1.77. The van der Waals surface area contributed by atoms with Gasteiger partial charge in [0.1, 0.15) is 0 Å². The third-order valence-corrected chi connectivity index (χ3v) is 5.46. The Hall–Kier alpha value is -0.330. The molecule has 0 spiro atoms. The van der Waals surface area contributed by atoms with Gasteiger partial charge in [-0.1, -0.05) is 6.92 Å².